The number of benzene rings is 2. The van der Waals surface area contributed by atoms with Gasteiger partial charge in [0.25, 0.3) is 5.91 Å². The van der Waals surface area contributed by atoms with Crippen LogP contribution in [0.1, 0.15) is 35.2 Å². The largest absolute Gasteiger partial charge is 0.351 e. The summed E-state index contributed by atoms with van der Waals surface area (Å²) in [5.74, 6) is -0.700. The van der Waals surface area contributed by atoms with Gasteiger partial charge in [0.1, 0.15) is 5.82 Å². The van der Waals surface area contributed by atoms with Gasteiger partial charge in [-0.15, -0.1) is 0 Å². The minimum atomic E-state index is -0.443. The Morgan fingerprint density at radius 3 is 2.50 bits per heavy atom. The van der Waals surface area contributed by atoms with Gasteiger partial charge in [-0.1, -0.05) is 48.4 Å². The van der Waals surface area contributed by atoms with Gasteiger partial charge < -0.3 is 5.32 Å². The van der Waals surface area contributed by atoms with E-state index in [-0.39, 0.29) is 16.3 Å². The van der Waals surface area contributed by atoms with Crippen LogP contribution >= 0.6 is 11.6 Å². The molecule has 0 saturated heterocycles. The quantitative estimate of drug-likeness (QED) is 0.893. The van der Waals surface area contributed by atoms with Gasteiger partial charge in [0.2, 0.25) is 0 Å². The van der Waals surface area contributed by atoms with Crippen molar-refractivity contribution in [2.45, 2.75) is 24.7 Å². The summed E-state index contributed by atoms with van der Waals surface area (Å²) in [5, 5.41) is 3.09. The van der Waals surface area contributed by atoms with Crippen LogP contribution in [-0.2, 0) is 5.41 Å². The first-order chi connectivity index (χ1) is 10.6. The molecule has 0 unspecified atom stereocenters. The molecule has 2 nitrogen and oxygen atoms in total. The summed E-state index contributed by atoms with van der Waals surface area (Å²) in [4.78, 5) is 12.3. The number of carbonyl (C=O) groups excluding carboxylic acids is 1. The van der Waals surface area contributed by atoms with Gasteiger partial charge in [0.05, 0.1) is 10.6 Å². The van der Waals surface area contributed by atoms with Crippen LogP contribution < -0.4 is 5.32 Å². The molecule has 1 aliphatic carbocycles. The summed E-state index contributed by atoms with van der Waals surface area (Å²) in [6, 6.07) is 14.1. The Morgan fingerprint density at radius 2 is 1.91 bits per heavy atom. The van der Waals surface area contributed by atoms with E-state index >= 15 is 0 Å². The lowest BCUT2D eigenvalue weighted by Gasteiger charge is -2.42. The Kier molecular flexibility index (Phi) is 4.16. The summed E-state index contributed by atoms with van der Waals surface area (Å²) in [7, 11) is 0. The Morgan fingerprint density at radius 1 is 1.18 bits per heavy atom. The Labute approximate surface area is 134 Å². The molecule has 1 saturated carbocycles. The number of rotatable bonds is 4. The highest BCUT2D eigenvalue weighted by Gasteiger charge is 2.38. The lowest BCUT2D eigenvalue weighted by atomic mass is 9.64. The molecular weight excluding hydrogens is 301 g/mol. The zero-order valence-electron chi connectivity index (χ0n) is 12.1. The Bertz CT molecular complexity index is 683. The first kappa shape index (κ1) is 15.0. The normalized spacial score (nSPS) is 15.9. The van der Waals surface area contributed by atoms with Crippen molar-refractivity contribution in [2.24, 2.45) is 0 Å². The molecule has 1 fully saturated rings. The van der Waals surface area contributed by atoms with Crippen molar-refractivity contribution >= 4 is 17.5 Å². The molecule has 2 aromatic rings. The fourth-order valence-corrected chi connectivity index (χ4v) is 3.23. The Hall–Kier alpha value is -1.87. The first-order valence-electron chi connectivity index (χ1n) is 7.40. The summed E-state index contributed by atoms with van der Waals surface area (Å²) in [6.07, 6.45) is 3.30. The zero-order valence-corrected chi connectivity index (χ0v) is 12.9. The van der Waals surface area contributed by atoms with Gasteiger partial charge in [-0.2, -0.15) is 0 Å². The standard InChI is InChI=1S/C18H17ClFNO/c19-16-11-14(20)7-8-15(16)17(22)21-12-18(9-4-10-18)13-5-2-1-3-6-13/h1-3,5-8,11H,4,9-10,12H2,(H,21,22). The zero-order chi connectivity index (χ0) is 15.6. The summed E-state index contributed by atoms with van der Waals surface area (Å²) in [6.45, 7) is 0.573. The number of carbonyl (C=O) groups is 1. The molecule has 0 radical (unpaired) electrons. The van der Waals surface area contributed by atoms with Gasteiger partial charge in [-0.3, -0.25) is 4.79 Å². The molecule has 0 spiro atoms. The molecule has 0 aromatic heterocycles. The van der Waals surface area contributed by atoms with Crippen molar-refractivity contribution in [3.63, 3.8) is 0 Å². The third-order valence-corrected chi connectivity index (χ3v) is 4.77. The molecule has 1 N–H and O–H groups in total. The molecule has 0 aliphatic heterocycles. The van der Waals surface area contributed by atoms with Crippen LogP contribution in [0.3, 0.4) is 0 Å². The van der Waals surface area contributed by atoms with Crippen molar-refractivity contribution in [2.75, 3.05) is 6.54 Å². The average Bonchev–Trinajstić information content (AvgIpc) is 2.47. The van der Waals surface area contributed by atoms with Crippen LogP contribution in [0.5, 0.6) is 0 Å². The molecule has 3 rings (SSSR count). The maximum atomic E-state index is 13.1. The number of hydrogen-bond donors (Lipinski definition) is 1. The topological polar surface area (TPSA) is 29.1 Å². The fourth-order valence-electron chi connectivity index (χ4n) is 2.98. The summed E-state index contributed by atoms with van der Waals surface area (Å²) >= 11 is 5.94. The van der Waals surface area contributed by atoms with E-state index in [1.54, 1.807) is 0 Å². The van der Waals surface area contributed by atoms with Gasteiger partial charge in [0.15, 0.2) is 0 Å². The first-order valence-corrected chi connectivity index (χ1v) is 7.77. The molecule has 0 heterocycles. The third kappa shape index (κ3) is 2.86. The minimum absolute atomic E-state index is 0.0173. The van der Waals surface area contributed by atoms with Crippen molar-refractivity contribution in [1.29, 1.82) is 0 Å². The van der Waals surface area contributed by atoms with Gasteiger partial charge in [-0.25, -0.2) is 4.39 Å². The molecular formula is C18H17ClFNO. The van der Waals surface area contributed by atoms with E-state index in [0.29, 0.717) is 12.1 Å². The van der Waals surface area contributed by atoms with E-state index in [1.807, 2.05) is 18.2 Å². The average molecular weight is 318 g/mol. The molecule has 4 heteroatoms. The summed E-state index contributed by atoms with van der Waals surface area (Å²) < 4.78 is 13.1. The van der Waals surface area contributed by atoms with E-state index in [9.17, 15) is 9.18 Å². The maximum absolute atomic E-state index is 13.1. The van der Waals surface area contributed by atoms with E-state index in [2.05, 4.69) is 17.4 Å². The predicted octanol–water partition coefficient (Wildman–Crippen LogP) is 4.33. The van der Waals surface area contributed by atoms with Crippen LogP contribution in [-0.4, -0.2) is 12.5 Å². The van der Waals surface area contributed by atoms with E-state index in [4.69, 9.17) is 11.6 Å². The third-order valence-electron chi connectivity index (χ3n) is 4.46. The van der Waals surface area contributed by atoms with Gasteiger partial charge >= 0.3 is 0 Å². The smallest absolute Gasteiger partial charge is 0.252 e. The van der Waals surface area contributed by atoms with Crippen LogP contribution in [0, 0.1) is 5.82 Å². The van der Waals surface area contributed by atoms with Crippen LogP contribution in [0.2, 0.25) is 5.02 Å². The predicted molar refractivity (Wildman–Crippen MR) is 85.7 cm³/mol. The Balaban J connectivity index is 1.72. The second-order valence-electron chi connectivity index (χ2n) is 5.81. The van der Waals surface area contributed by atoms with Crippen LogP contribution in [0.25, 0.3) is 0 Å². The SMILES string of the molecule is O=C(NCC1(c2ccccc2)CCC1)c1ccc(F)cc1Cl. The molecule has 2 aromatic carbocycles. The van der Waals surface area contributed by atoms with Crippen molar-refractivity contribution in [3.05, 3.63) is 70.5 Å². The maximum Gasteiger partial charge on any atom is 0.252 e. The highest BCUT2D eigenvalue weighted by Crippen LogP contribution is 2.43. The van der Waals surface area contributed by atoms with Gasteiger partial charge in [-0.05, 0) is 36.6 Å². The van der Waals surface area contributed by atoms with E-state index in [0.717, 1.165) is 18.9 Å². The molecule has 1 amide bonds. The number of halogens is 2. The lowest BCUT2D eigenvalue weighted by molar-refractivity contribution is 0.0928. The molecule has 0 bridgehead atoms. The van der Waals surface area contributed by atoms with Gasteiger partial charge in [0, 0.05) is 12.0 Å². The molecule has 22 heavy (non-hydrogen) atoms. The number of hydrogen-bond acceptors (Lipinski definition) is 1. The highest BCUT2D eigenvalue weighted by atomic mass is 35.5. The minimum Gasteiger partial charge on any atom is -0.351 e. The molecule has 1 aliphatic rings. The number of nitrogens with one attached hydrogen (secondary N) is 1. The molecule has 0 atom stereocenters. The second kappa shape index (κ2) is 6.09. The fraction of sp³-hybridized carbons (Fsp3) is 0.278. The van der Waals surface area contributed by atoms with E-state index < -0.39 is 5.82 Å². The summed E-state index contributed by atoms with van der Waals surface area (Å²) in [5.41, 5.74) is 1.58. The van der Waals surface area contributed by atoms with Crippen molar-refractivity contribution < 1.29 is 9.18 Å². The van der Waals surface area contributed by atoms with Crippen molar-refractivity contribution in [3.8, 4) is 0 Å². The highest BCUT2D eigenvalue weighted by molar-refractivity contribution is 6.33. The lowest BCUT2D eigenvalue weighted by Crippen LogP contribution is -2.45. The van der Waals surface area contributed by atoms with E-state index in [1.165, 1.54) is 24.1 Å². The van der Waals surface area contributed by atoms with Crippen LogP contribution in [0.4, 0.5) is 4.39 Å². The number of amides is 1. The van der Waals surface area contributed by atoms with Crippen molar-refractivity contribution in [1.82, 2.24) is 5.32 Å². The monoisotopic (exact) mass is 317 g/mol. The second-order valence-corrected chi connectivity index (χ2v) is 6.21. The van der Waals surface area contributed by atoms with Crippen LogP contribution in [0.15, 0.2) is 48.5 Å². The molecule has 114 valence electrons.